The minimum absolute atomic E-state index is 0.787. The second-order valence-electron chi connectivity index (χ2n) is 11.7. The van der Waals surface area contributed by atoms with Crippen molar-refractivity contribution >= 4 is 66.3 Å². The lowest BCUT2D eigenvalue weighted by Gasteiger charge is -2.38. The second kappa shape index (κ2) is 9.18. The maximum atomic E-state index is 6.84. The Kier molecular flexibility index (Phi) is 5.14. The monoisotopic (exact) mass is 613 g/mol. The highest BCUT2D eigenvalue weighted by Crippen LogP contribution is 2.60. The van der Waals surface area contributed by atoms with Crippen LogP contribution in [0.5, 0.6) is 23.0 Å². The van der Waals surface area contributed by atoms with E-state index in [-0.39, 0.29) is 0 Å². The third-order valence-electron chi connectivity index (χ3n) is 9.23. The van der Waals surface area contributed by atoms with Gasteiger partial charge in [0.05, 0.1) is 22.4 Å². The minimum atomic E-state index is -2.44. The van der Waals surface area contributed by atoms with Gasteiger partial charge in [0.1, 0.15) is 23.0 Å². The van der Waals surface area contributed by atoms with E-state index >= 15 is 0 Å². The normalized spacial score (nSPS) is 16.1. The van der Waals surface area contributed by atoms with Crippen molar-refractivity contribution in [2.75, 3.05) is 0 Å². The maximum Gasteiger partial charge on any atom is 0.144 e. The standard InChI is InChI=1S/C40H24NO2PS/c45-44-37-16-8-7-15-34(37)42-35-23-27(24-36(40(35)44)43-39-29-10-2-1-9-26(29)19-22-38(39)44)25-17-20-28(21-18-25)41-32-13-5-3-11-30(32)31-12-4-6-14-33(31)41/h1-24H. The van der Waals surface area contributed by atoms with E-state index in [0.29, 0.717) is 0 Å². The molecule has 0 bridgehead atoms. The molecule has 0 N–H and O–H groups in total. The third-order valence-corrected chi connectivity index (χ3v) is 14.1. The van der Waals surface area contributed by atoms with E-state index in [4.69, 9.17) is 21.3 Å². The van der Waals surface area contributed by atoms with Crippen LogP contribution in [-0.2, 0) is 11.8 Å². The van der Waals surface area contributed by atoms with Crippen LogP contribution in [0, 0.1) is 0 Å². The molecule has 8 aromatic rings. The Morgan fingerprint density at radius 1 is 0.489 bits per heavy atom. The predicted molar refractivity (Wildman–Crippen MR) is 190 cm³/mol. The molecule has 1 unspecified atom stereocenters. The number of fused-ring (bicyclic) bond motifs is 9. The molecule has 7 aromatic carbocycles. The lowest BCUT2D eigenvalue weighted by Crippen LogP contribution is -2.35. The summed E-state index contributed by atoms with van der Waals surface area (Å²) in [4.78, 5) is 0. The predicted octanol–water partition coefficient (Wildman–Crippen LogP) is 9.57. The lowest BCUT2D eigenvalue weighted by atomic mass is 10.0. The fourth-order valence-corrected chi connectivity index (χ4v) is 11.7. The van der Waals surface area contributed by atoms with Gasteiger partial charge < -0.3 is 14.0 Å². The van der Waals surface area contributed by atoms with Crippen LogP contribution in [0.3, 0.4) is 0 Å². The average molecular weight is 614 g/mol. The quantitative estimate of drug-likeness (QED) is 0.182. The van der Waals surface area contributed by atoms with E-state index in [1.165, 1.54) is 21.8 Å². The van der Waals surface area contributed by atoms with Crippen LogP contribution in [0.25, 0.3) is 49.4 Å². The largest absolute Gasteiger partial charge is 0.456 e. The molecular weight excluding hydrogens is 589 g/mol. The molecule has 0 saturated carbocycles. The highest BCUT2D eigenvalue weighted by atomic mass is 32.4. The minimum Gasteiger partial charge on any atom is -0.456 e. The molecule has 0 fully saturated rings. The molecule has 3 nitrogen and oxygen atoms in total. The Hall–Kier alpha value is -5.15. The average Bonchev–Trinajstić information content (AvgIpc) is 3.43. The zero-order chi connectivity index (χ0) is 29.7. The molecule has 2 aliphatic heterocycles. The summed E-state index contributed by atoms with van der Waals surface area (Å²) in [5, 5.41) is 7.90. The van der Waals surface area contributed by atoms with E-state index < -0.39 is 6.04 Å². The summed E-state index contributed by atoms with van der Waals surface area (Å²) < 4.78 is 15.8. The second-order valence-corrected chi connectivity index (χ2v) is 15.9. The van der Waals surface area contributed by atoms with Crippen LogP contribution in [0.1, 0.15) is 0 Å². The van der Waals surface area contributed by atoms with Gasteiger partial charge in [-0.1, -0.05) is 103 Å². The number of hydrogen-bond acceptors (Lipinski definition) is 3. The van der Waals surface area contributed by atoms with Gasteiger partial charge in [-0.25, -0.2) is 0 Å². The first kappa shape index (κ1) is 25.2. The van der Waals surface area contributed by atoms with E-state index in [9.17, 15) is 0 Å². The number of ether oxygens (including phenoxy) is 2. The molecule has 212 valence electrons. The van der Waals surface area contributed by atoms with Crippen LogP contribution in [0.2, 0.25) is 0 Å². The van der Waals surface area contributed by atoms with Gasteiger partial charge in [-0.05, 0) is 71.1 Å². The van der Waals surface area contributed by atoms with Crippen molar-refractivity contribution in [1.29, 1.82) is 0 Å². The van der Waals surface area contributed by atoms with Gasteiger partial charge in [0.2, 0.25) is 0 Å². The first-order valence-electron chi connectivity index (χ1n) is 15.0. The van der Waals surface area contributed by atoms with Crippen LogP contribution in [0.4, 0.5) is 0 Å². The van der Waals surface area contributed by atoms with Gasteiger partial charge in [-0.3, -0.25) is 0 Å². The van der Waals surface area contributed by atoms with Crippen LogP contribution < -0.4 is 25.4 Å². The van der Waals surface area contributed by atoms with Crippen LogP contribution in [-0.4, -0.2) is 4.57 Å². The molecule has 5 heteroatoms. The lowest BCUT2D eigenvalue weighted by molar-refractivity contribution is 0.469. The molecule has 45 heavy (non-hydrogen) atoms. The number of aromatic nitrogens is 1. The van der Waals surface area contributed by atoms with Gasteiger partial charge >= 0.3 is 0 Å². The highest BCUT2D eigenvalue weighted by molar-refractivity contribution is 8.26. The fourth-order valence-electron chi connectivity index (χ4n) is 7.21. The molecule has 0 amide bonds. The van der Waals surface area contributed by atoms with Gasteiger partial charge in [0.25, 0.3) is 0 Å². The highest BCUT2D eigenvalue weighted by Gasteiger charge is 2.43. The molecule has 0 aliphatic carbocycles. The molecule has 10 rings (SSSR count). The van der Waals surface area contributed by atoms with Gasteiger partial charge in [0, 0.05) is 32.5 Å². The smallest absolute Gasteiger partial charge is 0.144 e. The number of nitrogens with zero attached hydrogens (tertiary/aromatic N) is 1. The van der Waals surface area contributed by atoms with E-state index in [0.717, 1.165) is 66.5 Å². The van der Waals surface area contributed by atoms with Gasteiger partial charge in [-0.15, -0.1) is 0 Å². The van der Waals surface area contributed by atoms with Gasteiger partial charge in [0.15, 0.2) is 0 Å². The maximum absolute atomic E-state index is 6.84. The molecule has 2 aliphatic rings. The Morgan fingerprint density at radius 3 is 1.87 bits per heavy atom. The third kappa shape index (κ3) is 3.44. The molecule has 0 spiro atoms. The van der Waals surface area contributed by atoms with E-state index in [2.05, 4.69) is 138 Å². The molecule has 3 heterocycles. The molecule has 0 saturated heterocycles. The molecule has 1 atom stereocenters. The Bertz CT molecular complexity index is 2530. The van der Waals surface area contributed by atoms with E-state index in [1.807, 2.05) is 12.1 Å². The summed E-state index contributed by atoms with van der Waals surface area (Å²) >= 11 is 6.77. The number of benzene rings is 7. The van der Waals surface area contributed by atoms with Crippen LogP contribution in [0.15, 0.2) is 146 Å². The van der Waals surface area contributed by atoms with Crippen molar-refractivity contribution in [2.45, 2.75) is 0 Å². The van der Waals surface area contributed by atoms with Crippen molar-refractivity contribution < 1.29 is 9.47 Å². The summed E-state index contributed by atoms with van der Waals surface area (Å²) in [7, 11) is 0. The summed E-state index contributed by atoms with van der Waals surface area (Å²) in [5.74, 6) is 3.27. The summed E-state index contributed by atoms with van der Waals surface area (Å²) in [5.41, 5.74) is 5.63. The fraction of sp³-hybridized carbons (Fsp3) is 0. The van der Waals surface area contributed by atoms with Gasteiger partial charge in [-0.2, -0.15) is 0 Å². The Balaban J connectivity index is 1.16. The van der Waals surface area contributed by atoms with Crippen molar-refractivity contribution in [3.63, 3.8) is 0 Å². The Morgan fingerprint density at radius 2 is 1.11 bits per heavy atom. The zero-order valence-corrected chi connectivity index (χ0v) is 25.7. The summed E-state index contributed by atoms with van der Waals surface area (Å²) in [6.45, 7) is 0. The first-order valence-corrected chi connectivity index (χ1v) is 17.8. The van der Waals surface area contributed by atoms with Crippen molar-refractivity contribution in [3.05, 3.63) is 146 Å². The first-order chi connectivity index (χ1) is 22.2. The molecule has 1 aromatic heterocycles. The SMILES string of the molecule is S=P12c3ccccc3Oc3cc(-c4ccc(-n5c6ccccc6c6ccccc65)cc4)cc(c31)Oc1c2ccc2ccccc12. The zero-order valence-electron chi connectivity index (χ0n) is 24.0. The molecule has 0 radical (unpaired) electrons. The topological polar surface area (TPSA) is 23.4 Å². The van der Waals surface area contributed by atoms with Crippen LogP contribution >= 0.6 is 6.04 Å². The van der Waals surface area contributed by atoms with E-state index in [1.54, 1.807) is 0 Å². The number of rotatable bonds is 2. The number of para-hydroxylation sites is 3. The number of hydrogen-bond donors (Lipinski definition) is 0. The van der Waals surface area contributed by atoms with Crippen molar-refractivity contribution in [1.82, 2.24) is 4.57 Å². The van der Waals surface area contributed by atoms with Crippen molar-refractivity contribution in [3.8, 4) is 39.8 Å². The Labute approximate surface area is 264 Å². The van der Waals surface area contributed by atoms with Crippen molar-refractivity contribution in [2.24, 2.45) is 0 Å². The summed E-state index contributed by atoms with van der Waals surface area (Å²) in [6.07, 6.45) is 0. The molecular formula is C40H24NO2PS. The summed E-state index contributed by atoms with van der Waals surface area (Å²) in [6, 6.07) is 48.8.